The van der Waals surface area contributed by atoms with Crippen molar-refractivity contribution >= 4 is 5.91 Å². The Hall–Kier alpha value is -1.99. The molecule has 19 heavy (non-hydrogen) atoms. The third-order valence-corrected chi connectivity index (χ3v) is 2.76. The summed E-state index contributed by atoms with van der Waals surface area (Å²) in [7, 11) is 0. The summed E-state index contributed by atoms with van der Waals surface area (Å²) < 4.78 is 5.19. The number of amides is 1. The molecule has 0 radical (unpaired) electrons. The highest BCUT2D eigenvalue weighted by atomic mass is 16.5. The number of terminal acetylenes is 1. The first-order chi connectivity index (χ1) is 9.15. The van der Waals surface area contributed by atoms with Gasteiger partial charge in [-0.05, 0) is 24.1 Å². The molecule has 0 aliphatic carbocycles. The number of ether oxygens (including phenoxy) is 1. The van der Waals surface area contributed by atoms with Gasteiger partial charge in [-0.25, -0.2) is 0 Å². The smallest absolute Gasteiger partial charge is 0.255 e. The second-order valence-electron chi connectivity index (χ2n) is 4.29. The van der Waals surface area contributed by atoms with E-state index in [0.717, 1.165) is 24.9 Å². The first-order valence-corrected chi connectivity index (χ1v) is 6.32. The molecule has 0 bridgehead atoms. The molecule has 0 saturated heterocycles. The third-order valence-electron chi connectivity index (χ3n) is 2.76. The van der Waals surface area contributed by atoms with Crippen molar-refractivity contribution in [3.63, 3.8) is 0 Å². The minimum atomic E-state index is -0.481. The van der Waals surface area contributed by atoms with E-state index in [1.165, 1.54) is 0 Å². The Balaban J connectivity index is 2.43. The highest BCUT2D eigenvalue weighted by Crippen LogP contribution is 2.12. The van der Waals surface area contributed by atoms with Crippen molar-refractivity contribution < 1.29 is 9.53 Å². The second-order valence-corrected chi connectivity index (χ2v) is 4.29. The van der Waals surface area contributed by atoms with Gasteiger partial charge >= 0.3 is 0 Å². The molecule has 0 saturated carbocycles. The summed E-state index contributed by atoms with van der Waals surface area (Å²) in [6, 6.07) is 7.89. The van der Waals surface area contributed by atoms with Crippen molar-refractivity contribution in [3.05, 3.63) is 29.8 Å². The fourth-order valence-electron chi connectivity index (χ4n) is 1.62. The fraction of sp³-hybridized carbons (Fsp3) is 0.400. The molecular weight excluding hydrogens is 240 g/mol. The lowest BCUT2D eigenvalue weighted by Gasteiger charge is -2.14. The summed E-state index contributed by atoms with van der Waals surface area (Å²) in [5.74, 6) is 2.82. The first kappa shape index (κ1) is 15.1. The highest BCUT2D eigenvalue weighted by Gasteiger charge is 2.04. The number of nitrogens with two attached hydrogens (primary N) is 1. The number of benzene rings is 1. The van der Waals surface area contributed by atoms with Crippen LogP contribution in [0.3, 0.4) is 0 Å². The molecule has 0 aromatic heterocycles. The van der Waals surface area contributed by atoms with Gasteiger partial charge in [0, 0.05) is 19.0 Å². The van der Waals surface area contributed by atoms with Gasteiger partial charge in [0.05, 0.1) is 0 Å². The van der Waals surface area contributed by atoms with Crippen molar-refractivity contribution in [3.8, 4) is 18.1 Å². The summed E-state index contributed by atoms with van der Waals surface area (Å²) in [5, 5.41) is 3.40. The minimum Gasteiger partial charge on any atom is -0.484 e. The summed E-state index contributed by atoms with van der Waals surface area (Å²) in [6.07, 6.45) is 7.04. The topological polar surface area (TPSA) is 64.3 Å². The Labute approximate surface area is 114 Å². The van der Waals surface area contributed by atoms with Crippen LogP contribution in [0.2, 0.25) is 0 Å². The monoisotopic (exact) mass is 260 g/mol. The quantitative estimate of drug-likeness (QED) is 0.695. The van der Waals surface area contributed by atoms with Gasteiger partial charge in [0.2, 0.25) is 0 Å². The zero-order valence-electron chi connectivity index (χ0n) is 11.2. The minimum absolute atomic E-state index is 0.0995. The maximum atomic E-state index is 10.6. The molecule has 0 aliphatic heterocycles. The molecule has 3 N–H and O–H groups in total. The van der Waals surface area contributed by atoms with E-state index in [9.17, 15) is 4.79 Å². The van der Waals surface area contributed by atoms with Gasteiger partial charge in [0.15, 0.2) is 6.61 Å². The van der Waals surface area contributed by atoms with Crippen molar-refractivity contribution in [2.75, 3.05) is 6.61 Å². The van der Waals surface area contributed by atoms with E-state index < -0.39 is 5.91 Å². The van der Waals surface area contributed by atoms with Gasteiger partial charge in [-0.1, -0.05) is 19.1 Å². The van der Waals surface area contributed by atoms with Gasteiger partial charge < -0.3 is 15.8 Å². The first-order valence-electron chi connectivity index (χ1n) is 6.32. The van der Waals surface area contributed by atoms with Crippen molar-refractivity contribution in [2.45, 2.75) is 32.4 Å². The van der Waals surface area contributed by atoms with Gasteiger partial charge in [0.25, 0.3) is 5.91 Å². The van der Waals surface area contributed by atoms with Crippen LogP contribution in [-0.4, -0.2) is 18.6 Å². The van der Waals surface area contributed by atoms with E-state index in [-0.39, 0.29) is 6.61 Å². The molecule has 4 nitrogen and oxygen atoms in total. The molecule has 1 atom stereocenters. The lowest BCUT2D eigenvalue weighted by molar-refractivity contribution is -0.119. The fourth-order valence-corrected chi connectivity index (χ4v) is 1.62. The second kappa shape index (κ2) is 8.17. The van der Waals surface area contributed by atoms with Crippen LogP contribution >= 0.6 is 0 Å². The Bertz CT molecular complexity index is 434. The Morgan fingerprint density at radius 3 is 2.68 bits per heavy atom. The van der Waals surface area contributed by atoms with E-state index >= 15 is 0 Å². The molecule has 0 aliphatic rings. The maximum Gasteiger partial charge on any atom is 0.255 e. The largest absolute Gasteiger partial charge is 0.484 e. The molecule has 0 heterocycles. The zero-order valence-corrected chi connectivity index (χ0v) is 11.2. The van der Waals surface area contributed by atoms with Gasteiger partial charge in [-0.2, -0.15) is 0 Å². The number of carbonyl (C=O) groups is 1. The van der Waals surface area contributed by atoms with E-state index in [1.807, 2.05) is 24.3 Å². The van der Waals surface area contributed by atoms with Crippen molar-refractivity contribution in [2.24, 2.45) is 5.73 Å². The third kappa shape index (κ3) is 5.94. The van der Waals surface area contributed by atoms with Crippen LogP contribution in [0, 0.1) is 12.3 Å². The Kier molecular flexibility index (Phi) is 6.48. The summed E-state index contributed by atoms with van der Waals surface area (Å²) >= 11 is 0. The lowest BCUT2D eigenvalue weighted by atomic mass is 10.1. The van der Waals surface area contributed by atoms with Crippen LogP contribution in [0.5, 0.6) is 5.75 Å². The van der Waals surface area contributed by atoms with E-state index in [2.05, 4.69) is 18.2 Å². The predicted octanol–water partition coefficient (Wildman–Crippen LogP) is 1.44. The molecule has 0 fully saturated rings. The van der Waals surface area contributed by atoms with Crippen molar-refractivity contribution in [1.82, 2.24) is 5.32 Å². The number of nitrogens with one attached hydrogen (secondary N) is 1. The molecular formula is C15H20N2O2. The molecule has 0 spiro atoms. The van der Waals surface area contributed by atoms with E-state index in [1.54, 1.807) is 0 Å². The maximum absolute atomic E-state index is 10.6. The van der Waals surface area contributed by atoms with E-state index in [4.69, 9.17) is 16.9 Å². The molecule has 1 unspecified atom stereocenters. The summed E-state index contributed by atoms with van der Waals surface area (Å²) in [4.78, 5) is 10.6. The van der Waals surface area contributed by atoms with Crippen LogP contribution in [-0.2, 0) is 11.3 Å². The normalized spacial score (nSPS) is 11.6. The molecule has 1 aromatic rings. The standard InChI is InChI=1S/C15H20N2O2/c1-3-5-13(4-2)17-10-12-6-8-14(9-7-12)19-11-15(16)18/h1,6-9,13,17H,4-5,10-11H2,2H3,(H2,16,18). The summed E-state index contributed by atoms with van der Waals surface area (Å²) in [5.41, 5.74) is 6.15. The number of primary amides is 1. The SMILES string of the molecule is C#CCC(CC)NCc1ccc(OCC(N)=O)cc1. The highest BCUT2D eigenvalue weighted by molar-refractivity contribution is 5.75. The van der Waals surface area contributed by atoms with Crippen LogP contribution in [0.15, 0.2) is 24.3 Å². The molecule has 4 heteroatoms. The van der Waals surface area contributed by atoms with E-state index in [0.29, 0.717) is 11.8 Å². The summed E-state index contributed by atoms with van der Waals surface area (Å²) in [6.45, 7) is 2.77. The average molecular weight is 260 g/mol. The van der Waals surface area contributed by atoms with Crippen LogP contribution in [0.1, 0.15) is 25.3 Å². The molecule has 102 valence electrons. The predicted molar refractivity (Wildman–Crippen MR) is 75.5 cm³/mol. The Morgan fingerprint density at radius 1 is 1.47 bits per heavy atom. The van der Waals surface area contributed by atoms with Crippen LogP contribution < -0.4 is 15.8 Å². The van der Waals surface area contributed by atoms with Gasteiger partial charge in [-0.3, -0.25) is 4.79 Å². The average Bonchev–Trinajstić information content (AvgIpc) is 2.42. The Morgan fingerprint density at radius 2 is 2.16 bits per heavy atom. The molecule has 1 rings (SSSR count). The number of rotatable bonds is 8. The number of carbonyl (C=O) groups excluding carboxylic acids is 1. The molecule has 1 aromatic carbocycles. The number of hydrogen-bond donors (Lipinski definition) is 2. The van der Waals surface area contributed by atoms with Gasteiger partial charge in [-0.15, -0.1) is 12.3 Å². The van der Waals surface area contributed by atoms with Crippen molar-refractivity contribution in [1.29, 1.82) is 0 Å². The van der Waals surface area contributed by atoms with Crippen LogP contribution in [0.4, 0.5) is 0 Å². The zero-order chi connectivity index (χ0) is 14.1. The molecule has 1 amide bonds. The van der Waals surface area contributed by atoms with Gasteiger partial charge in [0.1, 0.15) is 5.75 Å². The van der Waals surface area contributed by atoms with Crippen LogP contribution in [0.25, 0.3) is 0 Å². The number of hydrogen-bond acceptors (Lipinski definition) is 3. The lowest BCUT2D eigenvalue weighted by Crippen LogP contribution is -2.27.